The van der Waals surface area contributed by atoms with Gasteiger partial charge in [-0.1, -0.05) is 6.07 Å². The van der Waals surface area contributed by atoms with Gasteiger partial charge in [-0.2, -0.15) is 0 Å². The predicted octanol–water partition coefficient (Wildman–Crippen LogP) is 2.78. The molecular formula is C20H22N2O4S. The Hall–Kier alpha value is -2.25. The summed E-state index contributed by atoms with van der Waals surface area (Å²) in [7, 11) is 0. The number of carbonyl (C=O) groups is 2. The molecule has 4 heterocycles. The molecule has 1 spiro atoms. The molecule has 1 fully saturated rings. The van der Waals surface area contributed by atoms with E-state index in [4.69, 9.17) is 4.74 Å². The van der Waals surface area contributed by atoms with Crippen LogP contribution in [0, 0.1) is 6.92 Å². The van der Waals surface area contributed by atoms with Gasteiger partial charge in [-0.05, 0) is 43.0 Å². The number of hydrogen-bond acceptors (Lipinski definition) is 5. The van der Waals surface area contributed by atoms with Crippen LogP contribution in [0.4, 0.5) is 0 Å². The summed E-state index contributed by atoms with van der Waals surface area (Å²) in [4.78, 5) is 31.7. The summed E-state index contributed by atoms with van der Waals surface area (Å²) in [5.74, 6) is -0.804. The largest absolute Gasteiger partial charge is 0.477 e. The van der Waals surface area contributed by atoms with Crippen molar-refractivity contribution >= 4 is 23.2 Å². The third-order valence-electron chi connectivity index (χ3n) is 5.58. The molecule has 6 nitrogen and oxygen atoms in total. The first kappa shape index (κ1) is 18.1. The highest BCUT2D eigenvalue weighted by molar-refractivity contribution is 7.14. The van der Waals surface area contributed by atoms with Crippen LogP contribution in [0.3, 0.4) is 0 Å². The van der Waals surface area contributed by atoms with Gasteiger partial charge in [-0.25, -0.2) is 4.79 Å². The number of ether oxygens (including phenoxy) is 1. The molecule has 4 rings (SSSR count). The second-order valence-corrected chi connectivity index (χ2v) is 8.31. The maximum atomic E-state index is 12.7. The normalized spacial score (nSPS) is 18.3. The second-order valence-electron chi connectivity index (χ2n) is 7.17. The van der Waals surface area contributed by atoms with Crippen LogP contribution in [0.1, 0.15) is 44.2 Å². The highest BCUT2D eigenvalue weighted by Crippen LogP contribution is 2.44. The van der Waals surface area contributed by atoms with E-state index in [1.54, 1.807) is 12.3 Å². The van der Waals surface area contributed by atoms with Crippen molar-refractivity contribution < 1.29 is 19.4 Å². The first-order valence-corrected chi connectivity index (χ1v) is 9.99. The molecule has 1 saturated heterocycles. The third-order valence-corrected chi connectivity index (χ3v) is 6.76. The van der Waals surface area contributed by atoms with Gasteiger partial charge in [0.15, 0.2) is 0 Å². The lowest BCUT2D eigenvalue weighted by Gasteiger charge is -2.44. The third kappa shape index (κ3) is 3.37. The smallest absolute Gasteiger partial charge is 0.345 e. The maximum Gasteiger partial charge on any atom is 0.345 e. The number of carbonyl (C=O) groups excluding carboxylic acids is 1. The Morgan fingerprint density at radius 3 is 2.85 bits per heavy atom. The number of fused-ring (bicyclic) bond motifs is 2. The number of rotatable bonds is 3. The molecule has 2 aliphatic rings. The number of amides is 1. The summed E-state index contributed by atoms with van der Waals surface area (Å²) >= 11 is 1.35. The van der Waals surface area contributed by atoms with Crippen molar-refractivity contribution in [3.05, 3.63) is 51.0 Å². The molecule has 0 bridgehead atoms. The van der Waals surface area contributed by atoms with Gasteiger partial charge in [0, 0.05) is 30.6 Å². The molecule has 0 atom stereocenters. The van der Waals surface area contributed by atoms with Crippen LogP contribution in [-0.2, 0) is 28.0 Å². The number of aromatic nitrogens is 1. The molecule has 27 heavy (non-hydrogen) atoms. The standard InChI is InChI=1S/C20H22N2O4S/c1-13-3-2-7-21-15(13)12-18(23)22-8-5-20(6-9-22)14-11-17(19(24)25)27-16(14)4-10-26-20/h2-3,7,11H,4-6,8-10,12H2,1H3,(H,24,25). The second kappa shape index (κ2) is 7.05. The lowest BCUT2D eigenvalue weighted by atomic mass is 9.82. The van der Waals surface area contributed by atoms with Gasteiger partial charge < -0.3 is 14.7 Å². The Kier molecular flexibility index (Phi) is 4.74. The summed E-state index contributed by atoms with van der Waals surface area (Å²) in [6.45, 7) is 3.80. The van der Waals surface area contributed by atoms with Crippen LogP contribution in [0.25, 0.3) is 0 Å². The Morgan fingerprint density at radius 1 is 1.37 bits per heavy atom. The SMILES string of the molecule is Cc1cccnc1CC(=O)N1CCC2(CC1)OCCc1sc(C(=O)O)cc12. The predicted molar refractivity (Wildman–Crippen MR) is 101 cm³/mol. The molecule has 142 valence electrons. The van der Waals surface area contributed by atoms with Gasteiger partial charge in [0.25, 0.3) is 0 Å². The topological polar surface area (TPSA) is 79.7 Å². The number of carboxylic acid groups (broad SMARTS) is 1. The summed E-state index contributed by atoms with van der Waals surface area (Å²) in [6, 6.07) is 5.61. The van der Waals surface area contributed by atoms with Gasteiger partial charge in [0.05, 0.1) is 24.3 Å². The summed E-state index contributed by atoms with van der Waals surface area (Å²) < 4.78 is 6.15. The number of thiophene rings is 1. The number of nitrogens with zero attached hydrogens (tertiary/aromatic N) is 2. The van der Waals surface area contributed by atoms with E-state index in [0.717, 1.165) is 28.1 Å². The Morgan fingerprint density at radius 2 is 2.15 bits per heavy atom. The molecule has 0 aromatic carbocycles. The Balaban J connectivity index is 1.47. The molecule has 2 aromatic heterocycles. The number of piperidine rings is 1. The number of likely N-dealkylation sites (tertiary alicyclic amines) is 1. The highest BCUT2D eigenvalue weighted by Gasteiger charge is 2.43. The fraction of sp³-hybridized carbons (Fsp3) is 0.450. The molecule has 0 radical (unpaired) electrons. The number of aromatic carboxylic acids is 1. The monoisotopic (exact) mass is 386 g/mol. The number of pyridine rings is 1. The molecule has 0 saturated carbocycles. The summed E-state index contributed by atoms with van der Waals surface area (Å²) in [6.07, 6.45) is 4.18. The lowest BCUT2D eigenvalue weighted by molar-refractivity contribution is -0.140. The van der Waals surface area contributed by atoms with Crippen molar-refractivity contribution in [3.63, 3.8) is 0 Å². The zero-order chi connectivity index (χ0) is 19.0. The fourth-order valence-corrected chi connectivity index (χ4v) is 5.08. The van der Waals surface area contributed by atoms with E-state index in [1.165, 1.54) is 11.3 Å². The molecule has 2 aromatic rings. The molecule has 2 aliphatic heterocycles. The molecule has 1 N–H and O–H groups in total. The zero-order valence-electron chi connectivity index (χ0n) is 15.2. The first-order valence-electron chi connectivity index (χ1n) is 9.17. The number of hydrogen-bond donors (Lipinski definition) is 1. The minimum Gasteiger partial charge on any atom is -0.477 e. The molecular weight excluding hydrogens is 364 g/mol. The lowest BCUT2D eigenvalue weighted by Crippen LogP contribution is -2.48. The van der Waals surface area contributed by atoms with Crippen LogP contribution in [0.15, 0.2) is 24.4 Å². The van der Waals surface area contributed by atoms with Crippen LogP contribution >= 0.6 is 11.3 Å². The summed E-state index contributed by atoms with van der Waals surface area (Å²) in [5, 5.41) is 9.31. The van der Waals surface area contributed by atoms with E-state index in [1.807, 2.05) is 24.0 Å². The van der Waals surface area contributed by atoms with Crippen molar-refractivity contribution in [1.82, 2.24) is 9.88 Å². The molecule has 1 amide bonds. The average Bonchev–Trinajstić information content (AvgIpc) is 3.11. The first-order chi connectivity index (χ1) is 13.0. The van der Waals surface area contributed by atoms with E-state index in [9.17, 15) is 14.7 Å². The average molecular weight is 386 g/mol. The van der Waals surface area contributed by atoms with Gasteiger partial charge in [-0.3, -0.25) is 9.78 Å². The van der Waals surface area contributed by atoms with Gasteiger partial charge in [-0.15, -0.1) is 11.3 Å². The minimum atomic E-state index is -0.886. The van der Waals surface area contributed by atoms with Crippen LogP contribution < -0.4 is 0 Å². The Bertz CT molecular complexity index is 884. The van der Waals surface area contributed by atoms with E-state index in [2.05, 4.69) is 4.98 Å². The van der Waals surface area contributed by atoms with Crippen molar-refractivity contribution in [2.24, 2.45) is 0 Å². The van der Waals surface area contributed by atoms with Crippen molar-refractivity contribution in [3.8, 4) is 0 Å². The van der Waals surface area contributed by atoms with E-state index in [-0.39, 0.29) is 5.91 Å². The van der Waals surface area contributed by atoms with Crippen LogP contribution in [0.2, 0.25) is 0 Å². The van der Waals surface area contributed by atoms with Gasteiger partial charge >= 0.3 is 5.97 Å². The number of aryl methyl sites for hydroxylation is 1. The van der Waals surface area contributed by atoms with Crippen LogP contribution in [0.5, 0.6) is 0 Å². The minimum absolute atomic E-state index is 0.0826. The number of carboxylic acids is 1. The van der Waals surface area contributed by atoms with Crippen LogP contribution in [-0.4, -0.2) is 46.6 Å². The van der Waals surface area contributed by atoms with E-state index in [0.29, 0.717) is 43.8 Å². The van der Waals surface area contributed by atoms with E-state index < -0.39 is 11.6 Å². The van der Waals surface area contributed by atoms with Crippen molar-refractivity contribution in [2.45, 2.75) is 38.2 Å². The fourth-order valence-electron chi connectivity index (χ4n) is 4.01. The summed E-state index contributed by atoms with van der Waals surface area (Å²) in [5.41, 5.74) is 2.42. The van der Waals surface area contributed by atoms with Gasteiger partial charge in [0.1, 0.15) is 4.88 Å². The van der Waals surface area contributed by atoms with Gasteiger partial charge in [0.2, 0.25) is 5.91 Å². The molecule has 0 aliphatic carbocycles. The van der Waals surface area contributed by atoms with Crippen molar-refractivity contribution in [2.75, 3.05) is 19.7 Å². The highest BCUT2D eigenvalue weighted by atomic mass is 32.1. The van der Waals surface area contributed by atoms with E-state index >= 15 is 0 Å². The van der Waals surface area contributed by atoms with Crippen molar-refractivity contribution in [1.29, 1.82) is 0 Å². The zero-order valence-corrected chi connectivity index (χ0v) is 16.1. The Labute approximate surface area is 161 Å². The molecule has 7 heteroatoms. The maximum absolute atomic E-state index is 12.7. The molecule has 0 unspecified atom stereocenters. The quantitative estimate of drug-likeness (QED) is 0.877.